The maximum Gasteiger partial charge on any atom is 0.235 e. The maximum absolute atomic E-state index is 13.1. The average molecular weight is 413 g/mol. The molecule has 160 valence electrons. The van der Waals surface area contributed by atoms with Gasteiger partial charge in [0.2, 0.25) is 11.2 Å². The van der Waals surface area contributed by atoms with Gasteiger partial charge in [0.05, 0.1) is 39.7 Å². The maximum atomic E-state index is 13.1. The first kappa shape index (κ1) is 21.7. The highest BCUT2D eigenvalue weighted by Gasteiger charge is 2.18. The van der Waals surface area contributed by atoms with Crippen molar-refractivity contribution in [2.45, 2.75) is 25.7 Å². The number of nitrogens with zero attached hydrogens (tertiary/aromatic N) is 1. The molecule has 6 heteroatoms. The van der Waals surface area contributed by atoms with E-state index in [-0.39, 0.29) is 28.4 Å². The van der Waals surface area contributed by atoms with Crippen LogP contribution in [0.3, 0.4) is 0 Å². The van der Waals surface area contributed by atoms with Crippen LogP contribution >= 0.6 is 0 Å². The van der Waals surface area contributed by atoms with E-state index in [0.29, 0.717) is 23.1 Å². The van der Waals surface area contributed by atoms with E-state index < -0.39 is 0 Å². The van der Waals surface area contributed by atoms with Gasteiger partial charge in [-0.05, 0) is 56.0 Å². The molecule has 0 aliphatic carbocycles. The highest BCUT2D eigenvalue weighted by molar-refractivity contribution is 5.82. The molecule has 0 atom stereocenters. The zero-order chi connectivity index (χ0) is 21.7. The number of hydrogen-bond donors (Lipinski definition) is 2. The molecule has 6 nitrogen and oxygen atoms in total. The zero-order valence-corrected chi connectivity index (χ0v) is 17.9. The van der Waals surface area contributed by atoms with Crippen molar-refractivity contribution in [2.75, 3.05) is 34.3 Å². The van der Waals surface area contributed by atoms with E-state index in [1.165, 1.54) is 12.1 Å². The Morgan fingerprint density at radius 2 is 1.67 bits per heavy atom. The van der Waals surface area contributed by atoms with Crippen LogP contribution < -0.4 is 10.2 Å². The smallest absolute Gasteiger partial charge is 0.235 e. The van der Waals surface area contributed by atoms with Crippen molar-refractivity contribution < 1.29 is 23.9 Å². The molecular weight excluding hydrogens is 382 g/mol. The lowest BCUT2D eigenvalue weighted by Gasteiger charge is -2.23. The summed E-state index contributed by atoms with van der Waals surface area (Å²) in [7, 11) is 6.56. The van der Waals surface area contributed by atoms with Crippen LogP contribution in [-0.4, -0.2) is 49.0 Å². The quantitative estimate of drug-likeness (QED) is 0.307. The third-order valence-electron chi connectivity index (χ3n) is 4.96. The van der Waals surface area contributed by atoms with Crippen molar-refractivity contribution in [3.05, 3.63) is 52.7 Å². The minimum Gasteiger partial charge on any atom is -0.504 e. The molecule has 1 aromatic heterocycles. The summed E-state index contributed by atoms with van der Waals surface area (Å²) >= 11 is 0. The van der Waals surface area contributed by atoms with E-state index in [1.54, 1.807) is 30.3 Å². The summed E-state index contributed by atoms with van der Waals surface area (Å²) in [5.74, 6) is -0.145. The molecule has 2 aromatic carbocycles. The van der Waals surface area contributed by atoms with Crippen molar-refractivity contribution in [3.63, 3.8) is 0 Å². The second-order valence-corrected chi connectivity index (χ2v) is 8.57. The topological polar surface area (TPSA) is 79.9 Å². The van der Waals surface area contributed by atoms with Crippen LogP contribution in [0.2, 0.25) is 0 Å². The number of phenolic OH excluding ortho intramolecular Hbond substituents is 2. The third kappa shape index (κ3) is 5.33. The van der Waals surface area contributed by atoms with Crippen molar-refractivity contribution >= 4 is 11.0 Å². The summed E-state index contributed by atoms with van der Waals surface area (Å²) < 4.78 is 12.8. The Morgan fingerprint density at radius 1 is 0.933 bits per heavy atom. The number of phenols is 2. The number of quaternary nitrogens is 1. The normalized spacial score (nSPS) is 11.7. The second-order valence-electron chi connectivity index (χ2n) is 8.57. The van der Waals surface area contributed by atoms with E-state index in [4.69, 9.17) is 9.15 Å². The molecule has 30 heavy (non-hydrogen) atoms. The predicted octanol–water partition coefficient (Wildman–Crippen LogP) is 4.52. The summed E-state index contributed by atoms with van der Waals surface area (Å²) in [5, 5.41) is 19.9. The van der Waals surface area contributed by atoms with E-state index in [9.17, 15) is 15.0 Å². The Kier molecular flexibility index (Phi) is 6.67. The van der Waals surface area contributed by atoms with Gasteiger partial charge in [0.1, 0.15) is 5.58 Å². The molecule has 0 aliphatic heterocycles. The van der Waals surface area contributed by atoms with Gasteiger partial charge in [-0.15, -0.1) is 0 Å². The Balaban J connectivity index is 1.79. The van der Waals surface area contributed by atoms with Crippen molar-refractivity contribution in [2.24, 2.45) is 0 Å². The Morgan fingerprint density at radius 3 is 2.40 bits per heavy atom. The molecule has 1 heterocycles. The highest BCUT2D eigenvalue weighted by atomic mass is 16.5. The lowest BCUT2D eigenvalue weighted by molar-refractivity contribution is -0.870. The first-order valence-corrected chi connectivity index (χ1v) is 10.3. The van der Waals surface area contributed by atoms with Gasteiger partial charge in [-0.2, -0.15) is 0 Å². The predicted molar refractivity (Wildman–Crippen MR) is 118 cm³/mol. The number of hydrogen-bond acceptors (Lipinski definition) is 5. The van der Waals surface area contributed by atoms with E-state index in [1.807, 2.05) is 0 Å². The van der Waals surface area contributed by atoms with Crippen LogP contribution in [0.5, 0.6) is 17.2 Å². The molecular formula is C24H30NO5+. The fourth-order valence-electron chi connectivity index (χ4n) is 3.33. The van der Waals surface area contributed by atoms with Crippen LogP contribution in [0.15, 0.2) is 51.7 Å². The van der Waals surface area contributed by atoms with Crippen LogP contribution in [0.1, 0.15) is 25.7 Å². The van der Waals surface area contributed by atoms with Gasteiger partial charge in [-0.1, -0.05) is 12.1 Å². The molecule has 0 unspecified atom stereocenters. The molecule has 3 aromatic rings. The first-order chi connectivity index (χ1) is 14.3. The molecule has 2 N–H and O–H groups in total. The Hall–Kier alpha value is -2.99. The number of para-hydroxylation sites is 1. The molecule has 0 amide bonds. The van der Waals surface area contributed by atoms with E-state index in [2.05, 4.69) is 21.1 Å². The van der Waals surface area contributed by atoms with Crippen LogP contribution in [-0.2, 0) is 0 Å². The van der Waals surface area contributed by atoms with Gasteiger partial charge < -0.3 is 23.9 Å². The summed E-state index contributed by atoms with van der Waals surface area (Å²) in [6, 6.07) is 11.3. The first-order valence-electron chi connectivity index (χ1n) is 10.3. The molecule has 0 saturated heterocycles. The molecule has 0 bridgehead atoms. The fourth-order valence-corrected chi connectivity index (χ4v) is 3.33. The summed E-state index contributed by atoms with van der Waals surface area (Å²) in [6.45, 7) is 1.54. The second kappa shape index (κ2) is 9.22. The molecule has 0 spiro atoms. The van der Waals surface area contributed by atoms with Gasteiger partial charge in [0.25, 0.3) is 0 Å². The lowest BCUT2D eigenvalue weighted by atomic mass is 10.1. The number of aromatic hydroxyl groups is 2. The molecule has 0 aliphatic rings. The van der Waals surface area contributed by atoms with Gasteiger partial charge in [0, 0.05) is 5.56 Å². The van der Waals surface area contributed by atoms with E-state index in [0.717, 1.165) is 36.7 Å². The molecule has 0 radical (unpaired) electrons. The molecule has 3 rings (SSSR count). The number of fused-ring (bicyclic) bond motifs is 1. The van der Waals surface area contributed by atoms with Crippen LogP contribution in [0, 0.1) is 0 Å². The number of ether oxygens (including phenoxy) is 1. The number of rotatable bonds is 9. The third-order valence-corrected chi connectivity index (χ3v) is 4.96. The summed E-state index contributed by atoms with van der Waals surface area (Å²) in [6.07, 6.45) is 4.13. The summed E-state index contributed by atoms with van der Waals surface area (Å²) in [5.41, 5.74) is 0.660. The number of unbranched alkanes of at least 4 members (excludes halogenated alkanes) is 3. The Labute approximate surface area is 176 Å². The summed E-state index contributed by atoms with van der Waals surface area (Å²) in [4.78, 5) is 13.1. The van der Waals surface area contributed by atoms with Gasteiger partial charge in [0.15, 0.2) is 17.3 Å². The molecule has 0 saturated carbocycles. The van der Waals surface area contributed by atoms with E-state index >= 15 is 0 Å². The minimum atomic E-state index is -0.286. The lowest BCUT2D eigenvalue weighted by Crippen LogP contribution is -2.35. The SMILES string of the molecule is C[N+](C)(C)CCCCCCOc1c(-c2ccc(O)c(O)c2)oc2ccccc2c1=O. The highest BCUT2D eigenvalue weighted by Crippen LogP contribution is 2.35. The number of benzene rings is 2. The van der Waals surface area contributed by atoms with Gasteiger partial charge >= 0.3 is 0 Å². The Bertz CT molecular complexity index is 1070. The van der Waals surface area contributed by atoms with Crippen molar-refractivity contribution in [1.82, 2.24) is 0 Å². The van der Waals surface area contributed by atoms with Gasteiger partial charge in [-0.25, -0.2) is 0 Å². The van der Waals surface area contributed by atoms with Crippen LogP contribution in [0.4, 0.5) is 0 Å². The van der Waals surface area contributed by atoms with Crippen molar-refractivity contribution in [3.8, 4) is 28.6 Å². The fraction of sp³-hybridized carbons (Fsp3) is 0.375. The zero-order valence-electron chi connectivity index (χ0n) is 17.9. The average Bonchev–Trinajstić information content (AvgIpc) is 2.70. The minimum absolute atomic E-state index is 0.130. The van der Waals surface area contributed by atoms with Gasteiger partial charge in [-0.3, -0.25) is 4.79 Å². The standard InChI is InChI=1S/C24H29NO5/c1-25(2,3)14-8-4-5-9-15-29-24-22(28)18-10-6-7-11-21(18)30-23(24)17-12-13-19(26)20(27)16-17/h6-7,10-13,16H,4-5,8-9,14-15H2,1-3H3,(H-,26,27,28)/p+1. The largest absolute Gasteiger partial charge is 0.504 e. The van der Waals surface area contributed by atoms with Crippen LogP contribution in [0.25, 0.3) is 22.3 Å². The van der Waals surface area contributed by atoms with Crippen molar-refractivity contribution in [1.29, 1.82) is 0 Å². The molecule has 0 fully saturated rings. The monoisotopic (exact) mass is 412 g/mol.